The molecule has 0 aromatic heterocycles. The van der Waals surface area contributed by atoms with Crippen molar-refractivity contribution in [3.63, 3.8) is 0 Å². The molecule has 0 heterocycles. The summed E-state index contributed by atoms with van der Waals surface area (Å²) < 4.78 is 0. The molecule has 0 radical (unpaired) electrons. The van der Waals surface area contributed by atoms with E-state index in [1.54, 1.807) is 12.1 Å². The Morgan fingerprint density at radius 3 is 2.71 bits per heavy atom. The number of phenolic OH excluding ortho intramolecular Hbond substituents is 1. The van der Waals surface area contributed by atoms with Gasteiger partial charge in [-0.15, -0.1) is 0 Å². The number of nitrogens with one attached hydrogen (secondary N) is 1. The van der Waals surface area contributed by atoms with E-state index in [-0.39, 0.29) is 5.75 Å². The van der Waals surface area contributed by atoms with Gasteiger partial charge in [-0.05, 0) is 30.5 Å². The molecule has 2 N–H and O–H groups in total. The molecule has 1 rings (SSSR count). The summed E-state index contributed by atoms with van der Waals surface area (Å²) in [6.45, 7) is 5.30. The van der Waals surface area contributed by atoms with Crippen molar-refractivity contribution in [2.24, 2.45) is 5.92 Å². The minimum Gasteiger partial charge on any atom is -0.506 e. The number of hydrogen-bond acceptors (Lipinski definition) is 2. The van der Waals surface area contributed by atoms with Crippen LogP contribution in [-0.2, 0) is 0 Å². The van der Waals surface area contributed by atoms with E-state index < -0.39 is 0 Å². The molecule has 0 unspecified atom stereocenters. The minimum absolute atomic E-state index is 0.126. The lowest BCUT2D eigenvalue weighted by Crippen LogP contribution is -2.04. The Morgan fingerprint density at radius 1 is 1.43 bits per heavy atom. The van der Waals surface area contributed by atoms with Crippen LogP contribution in [0.4, 0.5) is 5.69 Å². The summed E-state index contributed by atoms with van der Waals surface area (Å²) in [4.78, 5) is 0. The van der Waals surface area contributed by atoms with Gasteiger partial charge in [-0.3, -0.25) is 0 Å². The Hall–Kier alpha value is -0.890. The van der Waals surface area contributed by atoms with E-state index in [4.69, 9.17) is 11.6 Å². The third-order valence-corrected chi connectivity index (χ3v) is 2.30. The molecule has 0 atom stereocenters. The molecular weight excluding hydrogens is 198 g/mol. The van der Waals surface area contributed by atoms with Crippen molar-refractivity contribution < 1.29 is 5.11 Å². The fraction of sp³-hybridized carbons (Fsp3) is 0.455. The number of halogens is 1. The normalized spacial score (nSPS) is 10.6. The van der Waals surface area contributed by atoms with Crippen LogP contribution < -0.4 is 5.32 Å². The van der Waals surface area contributed by atoms with Crippen molar-refractivity contribution in [3.05, 3.63) is 23.2 Å². The van der Waals surface area contributed by atoms with Gasteiger partial charge >= 0.3 is 0 Å². The van der Waals surface area contributed by atoms with Gasteiger partial charge in [0.25, 0.3) is 0 Å². The molecule has 2 nitrogen and oxygen atoms in total. The molecule has 0 saturated heterocycles. The number of anilines is 1. The third-order valence-electron chi connectivity index (χ3n) is 2.00. The Kier molecular flexibility index (Phi) is 4.08. The monoisotopic (exact) mass is 213 g/mol. The second kappa shape index (κ2) is 5.11. The average molecular weight is 214 g/mol. The highest BCUT2D eigenvalue weighted by Crippen LogP contribution is 2.25. The van der Waals surface area contributed by atoms with Gasteiger partial charge in [-0.25, -0.2) is 0 Å². The van der Waals surface area contributed by atoms with E-state index in [0.717, 1.165) is 18.7 Å². The van der Waals surface area contributed by atoms with Gasteiger partial charge < -0.3 is 10.4 Å². The van der Waals surface area contributed by atoms with Crippen LogP contribution in [0.5, 0.6) is 5.75 Å². The minimum atomic E-state index is 0.126. The first kappa shape index (κ1) is 11.2. The third kappa shape index (κ3) is 3.46. The van der Waals surface area contributed by atoms with Crippen LogP contribution in [0, 0.1) is 5.92 Å². The van der Waals surface area contributed by atoms with Gasteiger partial charge in [-0.2, -0.15) is 0 Å². The van der Waals surface area contributed by atoms with Crippen LogP contribution in [0.3, 0.4) is 0 Å². The summed E-state index contributed by atoms with van der Waals surface area (Å²) in [5.41, 5.74) is 0.952. The molecule has 1 aromatic rings. The molecule has 0 spiro atoms. The average Bonchev–Trinajstić information content (AvgIpc) is 2.10. The number of rotatable bonds is 4. The smallest absolute Gasteiger partial charge is 0.134 e. The number of benzene rings is 1. The Morgan fingerprint density at radius 2 is 2.14 bits per heavy atom. The van der Waals surface area contributed by atoms with Crippen molar-refractivity contribution in [2.75, 3.05) is 11.9 Å². The maximum atomic E-state index is 9.20. The fourth-order valence-corrected chi connectivity index (χ4v) is 1.30. The van der Waals surface area contributed by atoms with Crippen molar-refractivity contribution in [1.82, 2.24) is 0 Å². The standard InChI is InChI=1S/C11H16ClNO/c1-8(2)5-6-13-9-3-4-11(14)10(12)7-9/h3-4,7-8,13-14H,5-6H2,1-2H3. The largest absolute Gasteiger partial charge is 0.506 e. The zero-order valence-electron chi connectivity index (χ0n) is 8.55. The summed E-state index contributed by atoms with van der Waals surface area (Å²) in [5, 5.41) is 12.8. The molecule has 0 bridgehead atoms. The molecular formula is C11H16ClNO. The van der Waals surface area contributed by atoms with E-state index >= 15 is 0 Å². The van der Waals surface area contributed by atoms with E-state index in [2.05, 4.69) is 19.2 Å². The van der Waals surface area contributed by atoms with Crippen LogP contribution in [0.2, 0.25) is 5.02 Å². The fourth-order valence-electron chi connectivity index (χ4n) is 1.12. The van der Waals surface area contributed by atoms with E-state index in [0.29, 0.717) is 10.9 Å². The number of hydrogen-bond donors (Lipinski definition) is 2. The van der Waals surface area contributed by atoms with Crippen LogP contribution >= 0.6 is 11.6 Å². The topological polar surface area (TPSA) is 32.3 Å². The second-order valence-electron chi connectivity index (χ2n) is 3.78. The van der Waals surface area contributed by atoms with Gasteiger partial charge in [0.05, 0.1) is 5.02 Å². The summed E-state index contributed by atoms with van der Waals surface area (Å²) in [5.74, 6) is 0.816. The van der Waals surface area contributed by atoms with E-state index in [9.17, 15) is 5.11 Å². The van der Waals surface area contributed by atoms with Crippen LogP contribution in [0.25, 0.3) is 0 Å². The number of phenols is 1. The molecule has 0 aliphatic rings. The summed E-state index contributed by atoms with van der Waals surface area (Å²) in [6.07, 6.45) is 1.12. The van der Waals surface area contributed by atoms with Gasteiger partial charge in [0.15, 0.2) is 0 Å². The highest BCUT2D eigenvalue weighted by Gasteiger charge is 1.99. The maximum absolute atomic E-state index is 9.20. The molecule has 0 aliphatic heterocycles. The second-order valence-corrected chi connectivity index (χ2v) is 4.18. The van der Waals surface area contributed by atoms with E-state index in [1.165, 1.54) is 0 Å². The van der Waals surface area contributed by atoms with Crippen molar-refractivity contribution in [3.8, 4) is 5.75 Å². The van der Waals surface area contributed by atoms with Crippen molar-refractivity contribution >= 4 is 17.3 Å². The van der Waals surface area contributed by atoms with E-state index in [1.807, 2.05) is 6.07 Å². The molecule has 0 saturated carbocycles. The molecule has 78 valence electrons. The van der Waals surface area contributed by atoms with Gasteiger partial charge in [0.2, 0.25) is 0 Å². The zero-order chi connectivity index (χ0) is 10.6. The summed E-state index contributed by atoms with van der Waals surface area (Å²) in [6, 6.07) is 5.15. The molecule has 14 heavy (non-hydrogen) atoms. The Bertz CT molecular complexity index is 299. The highest BCUT2D eigenvalue weighted by molar-refractivity contribution is 6.32. The lowest BCUT2D eigenvalue weighted by atomic mass is 10.1. The first-order valence-electron chi connectivity index (χ1n) is 4.82. The molecule has 0 aliphatic carbocycles. The quantitative estimate of drug-likeness (QED) is 0.751. The Labute approximate surface area is 89.9 Å². The molecule has 0 fully saturated rings. The predicted molar refractivity (Wildman–Crippen MR) is 61.1 cm³/mol. The molecule has 0 amide bonds. The van der Waals surface area contributed by atoms with Crippen LogP contribution in [0.1, 0.15) is 20.3 Å². The van der Waals surface area contributed by atoms with Crippen molar-refractivity contribution in [2.45, 2.75) is 20.3 Å². The van der Waals surface area contributed by atoms with Gasteiger partial charge in [0, 0.05) is 12.2 Å². The lowest BCUT2D eigenvalue weighted by molar-refractivity contribution is 0.475. The maximum Gasteiger partial charge on any atom is 0.134 e. The SMILES string of the molecule is CC(C)CCNc1ccc(O)c(Cl)c1. The van der Waals surface area contributed by atoms with Crippen molar-refractivity contribution in [1.29, 1.82) is 0 Å². The lowest BCUT2D eigenvalue weighted by Gasteiger charge is -2.08. The summed E-state index contributed by atoms with van der Waals surface area (Å²) >= 11 is 5.77. The van der Waals surface area contributed by atoms with Crippen LogP contribution in [-0.4, -0.2) is 11.7 Å². The Balaban J connectivity index is 2.47. The summed E-state index contributed by atoms with van der Waals surface area (Å²) in [7, 11) is 0. The van der Waals surface area contributed by atoms with Gasteiger partial charge in [0.1, 0.15) is 5.75 Å². The first-order chi connectivity index (χ1) is 6.59. The highest BCUT2D eigenvalue weighted by atomic mass is 35.5. The van der Waals surface area contributed by atoms with Gasteiger partial charge in [-0.1, -0.05) is 25.4 Å². The molecule has 1 aromatic carbocycles. The molecule has 3 heteroatoms. The number of aromatic hydroxyl groups is 1. The predicted octanol–water partition coefficient (Wildman–Crippen LogP) is 3.50. The first-order valence-corrected chi connectivity index (χ1v) is 5.20. The van der Waals surface area contributed by atoms with Crippen LogP contribution in [0.15, 0.2) is 18.2 Å². The zero-order valence-corrected chi connectivity index (χ0v) is 9.30.